The highest BCUT2D eigenvalue weighted by molar-refractivity contribution is 5.98. The lowest BCUT2D eigenvalue weighted by Crippen LogP contribution is -2.46. The number of amides is 2. The van der Waals surface area contributed by atoms with Crippen molar-refractivity contribution in [2.45, 2.75) is 44.4 Å². The smallest absolute Gasteiger partial charge is 0.332 e. The van der Waals surface area contributed by atoms with Crippen molar-refractivity contribution in [2.75, 3.05) is 26.2 Å². The van der Waals surface area contributed by atoms with Gasteiger partial charge in [-0.2, -0.15) is 0 Å². The van der Waals surface area contributed by atoms with Gasteiger partial charge in [-0.1, -0.05) is 12.1 Å². The predicted octanol–water partition coefficient (Wildman–Crippen LogP) is 1.10. The summed E-state index contributed by atoms with van der Waals surface area (Å²) in [6, 6.07) is 6.57. The van der Waals surface area contributed by atoms with Crippen molar-refractivity contribution in [3.05, 3.63) is 35.4 Å². The van der Waals surface area contributed by atoms with Crippen molar-refractivity contribution in [3.8, 4) is 0 Å². The number of hydrogen-bond donors (Lipinski definition) is 2. The molecule has 9 nitrogen and oxygen atoms in total. The second kappa shape index (κ2) is 10.2. The minimum atomic E-state index is -0.483. The van der Waals surface area contributed by atoms with Gasteiger partial charge in [-0.3, -0.25) is 15.0 Å². The number of esters is 1. The van der Waals surface area contributed by atoms with Crippen molar-refractivity contribution in [1.29, 1.82) is 5.41 Å². The number of carbonyl (C=O) groups excluding carboxylic acids is 3. The number of amidine groups is 1. The van der Waals surface area contributed by atoms with Crippen LogP contribution in [0.1, 0.15) is 48.0 Å². The maximum atomic E-state index is 12.9. The summed E-state index contributed by atoms with van der Waals surface area (Å²) < 4.78 is 11.2. The standard InChI is InChI=1S/C21H28N4O5/c22-20(23)15-4-6-16(7-5-15)21(28)25-10-2-1-3-18(25)29-13-19(27)30-17-8-11-24(14-26)12-9-17/h4-7,14,17-18H,1-3,8-13H2,(H3,22,23). The number of carbonyl (C=O) groups is 3. The first-order valence-electron chi connectivity index (χ1n) is 10.2. The molecule has 9 heteroatoms. The molecule has 1 unspecified atom stereocenters. The molecule has 1 aromatic rings. The van der Waals surface area contributed by atoms with Gasteiger partial charge >= 0.3 is 5.97 Å². The maximum absolute atomic E-state index is 12.9. The van der Waals surface area contributed by atoms with E-state index < -0.39 is 12.2 Å². The number of rotatable bonds is 7. The van der Waals surface area contributed by atoms with E-state index in [0.29, 0.717) is 50.0 Å². The van der Waals surface area contributed by atoms with Gasteiger partial charge in [0.1, 0.15) is 24.8 Å². The summed E-state index contributed by atoms with van der Waals surface area (Å²) in [7, 11) is 0. The number of hydrogen-bond acceptors (Lipinski definition) is 6. The minimum Gasteiger partial charge on any atom is -0.461 e. The molecule has 2 amide bonds. The van der Waals surface area contributed by atoms with Crippen LogP contribution in [-0.4, -0.2) is 72.5 Å². The SMILES string of the molecule is N=C(N)c1ccc(C(=O)N2CCCCC2OCC(=O)OC2CCN(C=O)CC2)cc1. The van der Waals surface area contributed by atoms with Gasteiger partial charge in [0.25, 0.3) is 5.91 Å². The molecule has 0 spiro atoms. The van der Waals surface area contributed by atoms with Crippen LogP contribution in [0.15, 0.2) is 24.3 Å². The van der Waals surface area contributed by atoms with Crippen molar-refractivity contribution < 1.29 is 23.9 Å². The molecule has 0 aromatic heterocycles. The van der Waals surface area contributed by atoms with E-state index in [-0.39, 0.29) is 24.5 Å². The zero-order chi connectivity index (χ0) is 21.5. The lowest BCUT2D eigenvalue weighted by Gasteiger charge is -2.35. The monoisotopic (exact) mass is 416 g/mol. The average molecular weight is 416 g/mol. The summed E-state index contributed by atoms with van der Waals surface area (Å²) in [6.07, 6.45) is 3.80. The van der Waals surface area contributed by atoms with Crippen LogP contribution in [0.5, 0.6) is 0 Å². The van der Waals surface area contributed by atoms with Gasteiger partial charge in [-0.05, 0) is 31.4 Å². The molecule has 2 aliphatic rings. The van der Waals surface area contributed by atoms with Crippen molar-refractivity contribution in [2.24, 2.45) is 5.73 Å². The Labute approximate surface area is 175 Å². The van der Waals surface area contributed by atoms with Gasteiger partial charge < -0.3 is 25.0 Å². The Bertz CT molecular complexity index is 774. The number of nitrogens with two attached hydrogens (primary N) is 1. The highest BCUT2D eigenvalue weighted by Crippen LogP contribution is 2.21. The van der Waals surface area contributed by atoms with E-state index in [1.807, 2.05) is 0 Å². The third kappa shape index (κ3) is 5.56. The fourth-order valence-electron chi connectivity index (χ4n) is 3.75. The summed E-state index contributed by atoms with van der Waals surface area (Å²) in [5, 5.41) is 7.45. The third-order valence-electron chi connectivity index (χ3n) is 5.47. The molecule has 0 bridgehead atoms. The van der Waals surface area contributed by atoms with Gasteiger partial charge in [-0.25, -0.2) is 4.79 Å². The van der Waals surface area contributed by atoms with Gasteiger partial charge in [0.15, 0.2) is 0 Å². The first-order valence-corrected chi connectivity index (χ1v) is 10.2. The summed E-state index contributed by atoms with van der Waals surface area (Å²) in [5.41, 5.74) is 6.50. The Morgan fingerprint density at radius 3 is 2.37 bits per heavy atom. The second-order valence-electron chi connectivity index (χ2n) is 7.58. The summed E-state index contributed by atoms with van der Waals surface area (Å²) in [4.78, 5) is 39.2. The quantitative estimate of drug-likeness (QED) is 0.297. The Morgan fingerprint density at radius 1 is 1.07 bits per heavy atom. The first kappa shape index (κ1) is 21.8. The molecule has 2 fully saturated rings. The van der Waals surface area contributed by atoms with E-state index in [1.165, 1.54) is 0 Å². The summed E-state index contributed by atoms with van der Waals surface area (Å²) >= 11 is 0. The van der Waals surface area contributed by atoms with E-state index in [0.717, 1.165) is 19.3 Å². The van der Waals surface area contributed by atoms with Gasteiger partial charge in [0.2, 0.25) is 6.41 Å². The first-order chi connectivity index (χ1) is 14.5. The maximum Gasteiger partial charge on any atom is 0.332 e. The molecule has 1 atom stereocenters. The molecule has 2 heterocycles. The zero-order valence-corrected chi connectivity index (χ0v) is 16.9. The molecule has 3 N–H and O–H groups in total. The Hall–Kier alpha value is -2.94. The van der Waals surface area contributed by atoms with Crippen LogP contribution in [0.3, 0.4) is 0 Å². The normalized spacial score (nSPS) is 19.9. The number of nitrogens with zero attached hydrogens (tertiary/aromatic N) is 2. The lowest BCUT2D eigenvalue weighted by atomic mass is 10.1. The third-order valence-corrected chi connectivity index (χ3v) is 5.47. The van der Waals surface area contributed by atoms with E-state index in [2.05, 4.69) is 0 Å². The van der Waals surface area contributed by atoms with Crippen molar-refractivity contribution in [3.63, 3.8) is 0 Å². The minimum absolute atomic E-state index is 0.0523. The number of benzene rings is 1. The number of nitrogens with one attached hydrogen (secondary N) is 1. The van der Waals surface area contributed by atoms with Crippen LogP contribution >= 0.6 is 0 Å². The van der Waals surface area contributed by atoms with E-state index in [4.69, 9.17) is 20.6 Å². The largest absolute Gasteiger partial charge is 0.461 e. The van der Waals surface area contributed by atoms with Crippen LogP contribution in [0, 0.1) is 5.41 Å². The van der Waals surface area contributed by atoms with Crippen LogP contribution in [0.25, 0.3) is 0 Å². The van der Waals surface area contributed by atoms with Crippen molar-refractivity contribution >= 4 is 24.1 Å². The fourth-order valence-corrected chi connectivity index (χ4v) is 3.75. The average Bonchev–Trinajstić information content (AvgIpc) is 2.78. The van der Waals surface area contributed by atoms with E-state index in [1.54, 1.807) is 34.1 Å². The molecule has 162 valence electrons. The molecular weight excluding hydrogens is 388 g/mol. The van der Waals surface area contributed by atoms with E-state index in [9.17, 15) is 14.4 Å². The Morgan fingerprint density at radius 2 is 1.73 bits per heavy atom. The van der Waals surface area contributed by atoms with Crippen LogP contribution < -0.4 is 5.73 Å². The highest BCUT2D eigenvalue weighted by Gasteiger charge is 2.29. The number of ether oxygens (including phenoxy) is 2. The molecular formula is C21H28N4O5. The number of nitrogen functional groups attached to an aromatic ring is 1. The molecule has 0 saturated carbocycles. The molecule has 2 aliphatic heterocycles. The predicted molar refractivity (Wildman–Crippen MR) is 109 cm³/mol. The van der Waals surface area contributed by atoms with Crippen LogP contribution in [0.2, 0.25) is 0 Å². The fraction of sp³-hybridized carbons (Fsp3) is 0.524. The van der Waals surface area contributed by atoms with Crippen LogP contribution in [0.4, 0.5) is 0 Å². The second-order valence-corrected chi connectivity index (χ2v) is 7.58. The van der Waals surface area contributed by atoms with Crippen LogP contribution in [-0.2, 0) is 19.1 Å². The van der Waals surface area contributed by atoms with Gasteiger partial charge in [0, 0.05) is 43.6 Å². The highest BCUT2D eigenvalue weighted by atomic mass is 16.6. The molecule has 0 radical (unpaired) electrons. The number of piperidine rings is 2. The van der Waals surface area contributed by atoms with E-state index >= 15 is 0 Å². The molecule has 30 heavy (non-hydrogen) atoms. The Kier molecular flexibility index (Phi) is 7.40. The van der Waals surface area contributed by atoms with Gasteiger partial charge in [0.05, 0.1) is 0 Å². The number of likely N-dealkylation sites (tertiary alicyclic amines) is 2. The molecule has 1 aromatic carbocycles. The zero-order valence-electron chi connectivity index (χ0n) is 16.9. The molecule has 3 rings (SSSR count). The summed E-state index contributed by atoms with van der Waals surface area (Å²) in [6.45, 7) is 1.49. The van der Waals surface area contributed by atoms with Crippen molar-refractivity contribution in [1.82, 2.24) is 9.80 Å². The molecule has 2 saturated heterocycles. The van der Waals surface area contributed by atoms with Gasteiger partial charge in [-0.15, -0.1) is 0 Å². The summed E-state index contributed by atoms with van der Waals surface area (Å²) in [5.74, 6) is -0.684. The molecule has 0 aliphatic carbocycles. The lowest BCUT2D eigenvalue weighted by molar-refractivity contribution is -0.163. The topological polar surface area (TPSA) is 126 Å². The Balaban J connectivity index is 1.52.